The summed E-state index contributed by atoms with van der Waals surface area (Å²) in [6, 6.07) is 11.9. The van der Waals surface area contributed by atoms with Gasteiger partial charge in [0.2, 0.25) is 0 Å². The van der Waals surface area contributed by atoms with E-state index in [1.165, 1.54) is 5.56 Å². The third kappa shape index (κ3) is 2.67. The van der Waals surface area contributed by atoms with Gasteiger partial charge in [-0.15, -0.1) is 0 Å². The molecule has 1 aromatic carbocycles. The van der Waals surface area contributed by atoms with Crippen LogP contribution in [0, 0.1) is 6.92 Å². The Labute approximate surface area is 94.9 Å². The molecule has 2 rings (SSSR count). The summed E-state index contributed by atoms with van der Waals surface area (Å²) >= 11 is 0. The summed E-state index contributed by atoms with van der Waals surface area (Å²) in [5.41, 5.74) is 6.21. The highest BCUT2D eigenvalue weighted by molar-refractivity contribution is 5.82. The number of aryl methyl sites for hydroxylation is 1. The van der Waals surface area contributed by atoms with Gasteiger partial charge >= 0.3 is 0 Å². The minimum atomic E-state index is 0.930. The highest BCUT2D eigenvalue weighted by Crippen LogP contribution is 2.05. The van der Waals surface area contributed by atoms with Gasteiger partial charge < -0.3 is 0 Å². The first-order chi connectivity index (χ1) is 7.86. The van der Waals surface area contributed by atoms with Crippen molar-refractivity contribution in [2.45, 2.75) is 6.92 Å². The standard InChI is InChI=1S/C13H13N3/c1-11-4-2-3-5-12(11)10-15-16-13-6-8-14-9-7-13/h2-10H,1H3,(H,14,16)/b15-10+. The number of nitrogens with one attached hydrogen (secondary N) is 1. The third-order valence-corrected chi connectivity index (χ3v) is 2.27. The first-order valence-electron chi connectivity index (χ1n) is 5.11. The summed E-state index contributed by atoms with van der Waals surface area (Å²) in [5, 5.41) is 4.17. The van der Waals surface area contributed by atoms with Crippen LogP contribution in [0.1, 0.15) is 11.1 Å². The van der Waals surface area contributed by atoms with Gasteiger partial charge in [0.1, 0.15) is 0 Å². The fraction of sp³-hybridized carbons (Fsp3) is 0.0769. The number of pyridine rings is 1. The lowest BCUT2D eigenvalue weighted by atomic mass is 10.1. The first kappa shape index (κ1) is 10.4. The molecule has 0 unspecified atom stereocenters. The molecule has 0 aliphatic rings. The third-order valence-electron chi connectivity index (χ3n) is 2.27. The van der Waals surface area contributed by atoms with Crippen LogP contribution in [0.2, 0.25) is 0 Å². The summed E-state index contributed by atoms with van der Waals surface area (Å²) in [4.78, 5) is 3.93. The Morgan fingerprint density at radius 3 is 2.62 bits per heavy atom. The molecule has 1 aromatic heterocycles. The number of nitrogens with zero attached hydrogens (tertiary/aromatic N) is 2. The van der Waals surface area contributed by atoms with E-state index in [4.69, 9.17) is 0 Å². The largest absolute Gasteiger partial charge is 0.278 e. The van der Waals surface area contributed by atoms with Crippen LogP contribution in [0.5, 0.6) is 0 Å². The number of hydrazone groups is 1. The van der Waals surface area contributed by atoms with Crippen LogP contribution in [-0.4, -0.2) is 11.2 Å². The number of hydrogen-bond acceptors (Lipinski definition) is 3. The molecule has 0 saturated heterocycles. The van der Waals surface area contributed by atoms with Crippen LogP contribution in [0.4, 0.5) is 5.69 Å². The summed E-state index contributed by atoms with van der Waals surface area (Å²) in [6.07, 6.45) is 5.27. The molecule has 0 aliphatic heterocycles. The number of anilines is 1. The Bertz CT molecular complexity index is 478. The zero-order valence-corrected chi connectivity index (χ0v) is 9.09. The molecule has 0 bridgehead atoms. The predicted octanol–water partition coefficient (Wildman–Crippen LogP) is 2.84. The SMILES string of the molecule is Cc1ccccc1/C=N/Nc1ccncc1. The highest BCUT2D eigenvalue weighted by atomic mass is 15.3. The maximum atomic E-state index is 4.17. The van der Waals surface area contributed by atoms with Crippen molar-refractivity contribution in [1.29, 1.82) is 0 Å². The molecule has 0 fully saturated rings. The van der Waals surface area contributed by atoms with Crippen molar-refractivity contribution in [1.82, 2.24) is 4.98 Å². The molecule has 3 heteroatoms. The molecule has 1 N–H and O–H groups in total. The Kier molecular flexibility index (Phi) is 3.28. The topological polar surface area (TPSA) is 37.3 Å². The molecule has 0 atom stereocenters. The molecule has 0 aliphatic carbocycles. The molecule has 0 saturated carbocycles. The molecule has 1 heterocycles. The first-order valence-corrected chi connectivity index (χ1v) is 5.11. The van der Waals surface area contributed by atoms with Crippen molar-refractivity contribution in [3.8, 4) is 0 Å². The minimum Gasteiger partial charge on any atom is -0.278 e. The zero-order chi connectivity index (χ0) is 11.2. The van der Waals surface area contributed by atoms with Crippen LogP contribution in [-0.2, 0) is 0 Å². The van der Waals surface area contributed by atoms with Crippen molar-refractivity contribution in [3.63, 3.8) is 0 Å². The highest BCUT2D eigenvalue weighted by Gasteiger charge is 1.91. The van der Waals surface area contributed by atoms with Crippen molar-refractivity contribution in [2.75, 3.05) is 5.43 Å². The molecule has 0 radical (unpaired) electrons. The van der Waals surface area contributed by atoms with Crippen LogP contribution in [0.15, 0.2) is 53.9 Å². The predicted molar refractivity (Wildman–Crippen MR) is 66.6 cm³/mol. The molecule has 0 amide bonds. The van der Waals surface area contributed by atoms with Gasteiger partial charge in [-0.05, 0) is 30.2 Å². The van der Waals surface area contributed by atoms with Gasteiger partial charge in [-0.3, -0.25) is 10.4 Å². The molecule has 16 heavy (non-hydrogen) atoms. The maximum absolute atomic E-state index is 4.17. The van der Waals surface area contributed by atoms with Crippen molar-refractivity contribution < 1.29 is 0 Å². The Hall–Kier alpha value is -2.16. The minimum absolute atomic E-state index is 0.930. The number of rotatable bonds is 3. The second kappa shape index (κ2) is 5.07. The Balaban J connectivity index is 2.03. The van der Waals surface area contributed by atoms with Crippen molar-refractivity contribution in [2.24, 2.45) is 5.10 Å². The maximum Gasteiger partial charge on any atom is 0.0592 e. The lowest BCUT2D eigenvalue weighted by Crippen LogP contribution is -1.92. The van der Waals surface area contributed by atoms with Gasteiger partial charge in [0, 0.05) is 12.4 Å². The Morgan fingerprint density at radius 2 is 1.88 bits per heavy atom. The normalized spacial score (nSPS) is 10.6. The van der Waals surface area contributed by atoms with Gasteiger partial charge in [-0.1, -0.05) is 24.3 Å². The fourth-order valence-corrected chi connectivity index (χ4v) is 1.33. The van der Waals surface area contributed by atoms with Gasteiger partial charge in [0.25, 0.3) is 0 Å². The average molecular weight is 211 g/mol. The molecule has 2 aromatic rings. The van der Waals surface area contributed by atoms with Crippen LogP contribution in [0.3, 0.4) is 0 Å². The molecule has 0 spiro atoms. The van der Waals surface area contributed by atoms with E-state index < -0.39 is 0 Å². The van der Waals surface area contributed by atoms with Crippen molar-refractivity contribution in [3.05, 3.63) is 59.9 Å². The summed E-state index contributed by atoms with van der Waals surface area (Å²) in [6.45, 7) is 2.06. The van der Waals surface area contributed by atoms with E-state index in [0.717, 1.165) is 11.3 Å². The van der Waals surface area contributed by atoms with Crippen LogP contribution < -0.4 is 5.43 Å². The van der Waals surface area contributed by atoms with Crippen LogP contribution >= 0.6 is 0 Å². The van der Waals surface area contributed by atoms with Gasteiger partial charge in [0.15, 0.2) is 0 Å². The van der Waals surface area contributed by atoms with Crippen LogP contribution in [0.25, 0.3) is 0 Å². The fourth-order valence-electron chi connectivity index (χ4n) is 1.33. The number of aromatic nitrogens is 1. The molecular formula is C13H13N3. The lowest BCUT2D eigenvalue weighted by Gasteiger charge is -2.00. The van der Waals surface area contributed by atoms with E-state index >= 15 is 0 Å². The molecule has 3 nitrogen and oxygen atoms in total. The van der Waals surface area contributed by atoms with E-state index in [1.807, 2.05) is 36.5 Å². The van der Waals surface area contributed by atoms with Crippen molar-refractivity contribution >= 4 is 11.9 Å². The quantitative estimate of drug-likeness (QED) is 0.626. The summed E-state index contributed by atoms with van der Waals surface area (Å²) in [7, 11) is 0. The van der Waals surface area contributed by atoms with E-state index in [-0.39, 0.29) is 0 Å². The van der Waals surface area contributed by atoms with Gasteiger partial charge in [-0.2, -0.15) is 5.10 Å². The number of benzene rings is 1. The smallest absolute Gasteiger partial charge is 0.0592 e. The number of hydrogen-bond donors (Lipinski definition) is 1. The monoisotopic (exact) mass is 211 g/mol. The van der Waals surface area contributed by atoms with E-state index in [2.05, 4.69) is 28.5 Å². The molecule has 80 valence electrons. The van der Waals surface area contributed by atoms with E-state index in [0.29, 0.717) is 0 Å². The summed E-state index contributed by atoms with van der Waals surface area (Å²) < 4.78 is 0. The van der Waals surface area contributed by atoms with Gasteiger partial charge in [-0.25, -0.2) is 0 Å². The van der Waals surface area contributed by atoms with E-state index in [1.54, 1.807) is 12.4 Å². The second-order valence-corrected chi connectivity index (χ2v) is 3.46. The molecular weight excluding hydrogens is 198 g/mol. The average Bonchev–Trinajstić information content (AvgIpc) is 2.33. The lowest BCUT2D eigenvalue weighted by molar-refractivity contribution is 1.28. The zero-order valence-electron chi connectivity index (χ0n) is 9.09. The van der Waals surface area contributed by atoms with Gasteiger partial charge in [0.05, 0.1) is 11.9 Å². The Morgan fingerprint density at radius 1 is 1.12 bits per heavy atom. The second-order valence-electron chi connectivity index (χ2n) is 3.46. The summed E-state index contributed by atoms with van der Waals surface area (Å²) in [5.74, 6) is 0. The van der Waals surface area contributed by atoms with E-state index in [9.17, 15) is 0 Å².